The van der Waals surface area contributed by atoms with Crippen LogP contribution in [-0.2, 0) is 15.9 Å². The summed E-state index contributed by atoms with van der Waals surface area (Å²) in [6.07, 6.45) is -0.218. The van der Waals surface area contributed by atoms with Gasteiger partial charge in [0.15, 0.2) is 6.17 Å². The summed E-state index contributed by atoms with van der Waals surface area (Å²) in [5.41, 5.74) is 0.350. The van der Waals surface area contributed by atoms with Crippen LogP contribution in [-0.4, -0.2) is 37.6 Å². The third-order valence-electron chi connectivity index (χ3n) is 3.89. The lowest BCUT2D eigenvalue weighted by atomic mass is 9.88. The Morgan fingerprint density at radius 2 is 2.40 bits per heavy atom. The number of esters is 1. The Hall–Kier alpha value is -1.62. The number of hydrogen-bond donors (Lipinski definition) is 0. The highest BCUT2D eigenvalue weighted by molar-refractivity contribution is 5.93. The molecule has 2 unspecified atom stereocenters. The molecule has 2 aliphatic rings. The lowest BCUT2D eigenvalue weighted by Gasteiger charge is -2.35. The predicted molar refractivity (Wildman–Crippen MR) is 69.8 cm³/mol. The zero-order valence-electron chi connectivity index (χ0n) is 11.4. The van der Waals surface area contributed by atoms with Crippen LogP contribution in [0, 0.1) is 0 Å². The fourth-order valence-corrected chi connectivity index (χ4v) is 2.83. The van der Waals surface area contributed by atoms with Crippen molar-refractivity contribution in [1.29, 1.82) is 0 Å². The number of hydrogen-bond acceptors (Lipinski definition) is 4. The van der Waals surface area contributed by atoms with Crippen LogP contribution in [0.5, 0.6) is 5.75 Å². The van der Waals surface area contributed by atoms with Gasteiger partial charge in [0.05, 0.1) is 19.8 Å². The second-order valence-electron chi connectivity index (χ2n) is 5.15. The number of alkyl halides is 1. The molecule has 1 spiro atoms. The zero-order valence-corrected chi connectivity index (χ0v) is 11.4. The number of fused-ring (bicyclic) bond motifs is 1. The van der Waals surface area contributed by atoms with E-state index in [0.29, 0.717) is 37.4 Å². The topological polar surface area (TPSA) is 44.8 Å². The summed E-state index contributed by atoms with van der Waals surface area (Å²) in [5.74, 6) is 0.0411. The van der Waals surface area contributed by atoms with Crippen molar-refractivity contribution >= 4 is 5.97 Å². The highest BCUT2D eigenvalue weighted by atomic mass is 19.1. The first-order valence-corrected chi connectivity index (χ1v) is 6.86. The van der Waals surface area contributed by atoms with Crippen LogP contribution in [0.25, 0.3) is 0 Å². The monoisotopic (exact) mass is 280 g/mol. The molecule has 0 amide bonds. The molecule has 3 rings (SSSR count). The van der Waals surface area contributed by atoms with Gasteiger partial charge >= 0.3 is 5.97 Å². The SMILES string of the molecule is CCOC(=O)c1cccc2c1OC1(CCOCC1F)C2. The second kappa shape index (κ2) is 5.05. The van der Waals surface area contributed by atoms with E-state index in [1.54, 1.807) is 19.1 Å². The van der Waals surface area contributed by atoms with Gasteiger partial charge in [-0.3, -0.25) is 0 Å². The maximum atomic E-state index is 14.2. The molecule has 108 valence electrons. The van der Waals surface area contributed by atoms with Gasteiger partial charge in [-0.05, 0) is 18.6 Å². The summed E-state index contributed by atoms with van der Waals surface area (Å²) in [6.45, 7) is 2.57. The summed E-state index contributed by atoms with van der Waals surface area (Å²) in [5, 5.41) is 0. The van der Waals surface area contributed by atoms with E-state index in [-0.39, 0.29) is 6.61 Å². The Kier molecular flexibility index (Phi) is 3.38. The van der Waals surface area contributed by atoms with E-state index in [0.717, 1.165) is 5.56 Å². The van der Waals surface area contributed by atoms with Gasteiger partial charge in [-0.25, -0.2) is 9.18 Å². The van der Waals surface area contributed by atoms with Crippen molar-refractivity contribution in [1.82, 2.24) is 0 Å². The third kappa shape index (κ3) is 2.06. The van der Waals surface area contributed by atoms with Gasteiger partial charge in [0.2, 0.25) is 0 Å². The molecule has 2 heterocycles. The fourth-order valence-electron chi connectivity index (χ4n) is 2.83. The van der Waals surface area contributed by atoms with Crippen LogP contribution in [0.1, 0.15) is 29.3 Å². The van der Waals surface area contributed by atoms with Crippen molar-refractivity contribution < 1.29 is 23.4 Å². The van der Waals surface area contributed by atoms with Crippen LogP contribution in [0.15, 0.2) is 18.2 Å². The molecule has 1 aromatic carbocycles. The van der Waals surface area contributed by atoms with Crippen LogP contribution >= 0.6 is 0 Å². The highest BCUT2D eigenvalue weighted by Crippen LogP contribution is 2.43. The first-order valence-electron chi connectivity index (χ1n) is 6.86. The first kappa shape index (κ1) is 13.4. The van der Waals surface area contributed by atoms with Crippen LogP contribution < -0.4 is 4.74 Å². The van der Waals surface area contributed by atoms with Crippen molar-refractivity contribution in [2.45, 2.75) is 31.5 Å². The molecule has 4 nitrogen and oxygen atoms in total. The van der Waals surface area contributed by atoms with Crippen LogP contribution in [0.2, 0.25) is 0 Å². The number of carbonyl (C=O) groups is 1. The molecule has 2 atom stereocenters. The molecule has 5 heteroatoms. The van der Waals surface area contributed by atoms with E-state index in [1.807, 2.05) is 6.07 Å². The molecule has 20 heavy (non-hydrogen) atoms. The predicted octanol–water partition coefficient (Wildman–Crippen LogP) is 2.30. The summed E-state index contributed by atoms with van der Waals surface area (Å²) in [7, 11) is 0. The maximum Gasteiger partial charge on any atom is 0.341 e. The summed E-state index contributed by atoms with van der Waals surface area (Å²) >= 11 is 0. The number of rotatable bonds is 2. The van der Waals surface area contributed by atoms with Crippen molar-refractivity contribution in [3.63, 3.8) is 0 Å². The van der Waals surface area contributed by atoms with E-state index in [1.165, 1.54) is 0 Å². The molecule has 1 saturated heterocycles. The Labute approximate surface area is 116 Å². The van der Waals surface area contributed by atoms with Gasteiger partial charge in [-0.2, -0.15) is 0 Å². The normalized spacial score (nSPS) is 28.0. The third-order valence-corrected chi connectivity index (χ3v) is 3.89. The molecule has 0 aliphatic carbocycles. The highest BCUT2D eigenvalue weighted by Gasteiger charge is 2.49. The Morgan fingerprint density at radius 1 is 1.55 bits per heavy atom. The van der Waals surface area contributed by atoms with Crippen molar-refractivity contribution in [3.8, 4) is 5.75 Å². The standard InChI is InChI=1S/C15H17FO4/c1-2-19-14(17)11-5-3-4-10-8-15(20-13(10)11)6-7-18-9-12(15)16/h3-5,12H,2,6-9H2,1H3. The van der Waals surface area contributed by atoms with Crippen molar-refractivity contribution in [2.24, 2.45) is 0 Å². The van der Waals surface area contributed by atoms with E-state index >= 15 is 0 Å². The Balaban J connectivity index is 1.93. The molecule has 0 radical (unpaired) electrons. The number of benzene rings is 1. The average molecular weight is 280 g/mol. The molecule has 0 aromatic heterocycles. The molecular formula is C15H17FO4. The van der Waals surface area contributed by atoms with Gasteiger partial charge in [0, 0.05) is 12.8 Å². The van der Waals surface area contributed by atoms with E-state index in [2.05, 4.69) is 0 Å². The molecule has 0 saturated carbocycles. The molecule has 0 bridgehead atoms. The smallest absolute Gasteiger partial charge is 0.341 e. The minimum atomic E-state index is -1.18. The quantitative estimate of drug-likeness (QED) is 0.780. The molecule has 1 aromatic rings. The van der Waals surface area contributed by atoms with Gasteiger partial charge in [0.25, 0.3) is 0 Å². The lowest BCUT2D eigenvalue weighted by molar-refractivity contribution is -0.0956. The minimum absolute atomic E-state index is 0.0444. The number of carbonyl (C=O) groups excluding carboxylic acids is 1. The second-order valence-corrected chi connectivity index (χ2v) is 5.15. The maximum absolute atomic E-state index is 14.2. The van der Waals surface area contributed by atoms with Crippen LogP contribution in [0.3, 0.4) is 0 Å². The molecular weight excluding hydrogens is 263 g/mol. The molecule has 1 fully saturated rings. The molecule has 0 N–H and O–H groups in total. The van der Waals surface area contributed by atoms with Gasteiger partial charge in [0.1, 0.15) is 16.9 Å². The molecule has 2 aliphatic heterocycles. The van der Waals surface area contributed by atoms with E-state index in [4.69, 9.17) is 14.2 Å². The summed E-state index contributed by atoms with van der Waals surface area (Å²) < 4.78 is 30.3. The average Bonchev–Trinajstić information content (AvgIpc) is 2.81. The minimum Gasteiger partial charge on any atom is -0.482 e. The van der Waals surface area contributed by atoms with E-state index < -0.39 is 17.7 Å². The summed E-state index contributed by atoms with van der Waals surface area (Å²) in [6, 6.07) is 5.30. The van der Waals surface area contributed by atoms with Crippen LogP contribution in [0.4, 0.5) is 4.39 Å². The fraction of sp³-hybridized carbons (Fsp3) is 0.533. The first-order chi connectivity index (χ1) is 9.66. The van der Waals surface area contributed by atoms with Crippen molar-refractivity contribution in [2.75, 3.05) is 19.8 Å². The number of halogens is 1. The van der Waals surface area contributed by atoms with Crippen molar-refractivity contribution in [3.05, 3.63) is 29.3 Å². The van der Waals surface area contributed by atoms with Gasteiger partial charge in [-0.1, -0.05) is 12.1 Å². The largest absolute Gasteiger partial charge is 0.482 e. The number of ether oxygens (including phenoxy) is 3. The van der Waals surface area contributed by atoms with Gasteiger partial charge in [-0.15, -0.1) is 0 Å². The number of para-hydroxylation sites is 1. The summed E-state index contributed by atoms with van der Waals surface area (Å²) in [4.78, 5) is 11.9. The Bertz CT molecular complexity index is 531. The Morgan fingerprint density at radius 3 is 3.15 bits per heavy atom. The lowest BCUT2D eigenvalue weighted by Crippen LogP contribution is -2.50. The zero-order chi connectivity index (χ0) is 14.2. The van der Waals surface area contributed by atoms with Gasteiger partial charge < -0.3 is 14.2 Å². The van der Waals surface area contributed by atoms with E-state index in [9.17, 15) is 9.18 Å².